The molecule has 0 aliphatic rings. The molecule has 0 spiro atoms. The van der Waals surface area contributed by atoms with Crippen LogP contribution in [0, 0.1) is 23.3 Å². The lowest BCUT2D eigenvalue weighted by molar-refractivity contribution is 0.459. The maximum absolute atomic E-state index is 13.3. The maximum Gasteiger partial charge on any atom is 0.232 e. The molecule has 9 heteroatoms. The van der Waals surface area contributed by atoms with E-state index in [0.29, 0.717) is 13.1 Å². The number of benzene rings is 1. The maximum atomic E-state index is 13.3. The fourth-order valence-corrected chi connectivity index (χ4v) is 2.55. The third-order valence-electron chi connectivity index (χ3n) is 2.39. The Morgan fingerprint density at radius 3 is 2.15 bits per heavy atom. The zero-order valence-electron chi connectivity index (χ0n) is 10.6. The van der Waals surface area contributed by atoms with E-state index >= 15 is 0 Å². The molecule has 0 atom stereocenters. The summed E-state index contributed by atoms with van der Waals surface area (Å²) < 4.78 is 77.1. The average Bonchev–Trinajstić information content (AvgIpc) is 2.38. The zero-order chi connectivity index (χ0) is 15.3. The van der Waals surface area contributed by atoms with Crippen LogP contribution in [0.3, 0.4) is 0 Å². The van der Waals surface area contributed by atoms with Crippen LogP contribution in [-0.2, 0) is 10.0 Å². The highest BCUT2D eigenvalue weighted by molar-refractivity contribution is 7.92. The number of hydrogen-bond acceptors (Lipinski definition) is 3. The van der Waals surface area contributed by atoms with E-state index in [9.17, 15) is 26.0 Å². The largest absolute Gasteiger partial charge is 0.317 e. The molecule has 114 valence electrons. The number of sulfonamides is 1. The molecule has 4 nitrogen and oxygen atoms in total. The van der Waals surface area contributed by atoms with Gasteiger partial charge in [0.15, 0.2) is 23.3 Å². The fourth-order valence-electron chi connectivity index (χ4n) is 1.43. The second-order valence-electron chi connectivity index (χ2n) is 3.97. The Morgan fingerprint density at radius 2 is 1.65 bits per heavy atom. The topological polar surface area (TPSA) is 58.2 Å². The lowest BCUT2D eigenvalue weighted by Gasteiger charge is -2.10. The molecular formula is C11H14F4N2O2S. The van der Waals surface area contributed by atoms with Crippen molar-refractivity contribution in [2.75, 3.05) is 23.6 Å². The van der Waals surface area contributed by atoms with Crippen LogP contribution >= 0.6 is 0 Å². The summed E-state index contributed by atoms with van der Waals surface area (Å²) in [5.41, 5.74) is -1.34. The van der Waals surface area contributed by atoms with Gasteiger partial charge in [0.05, 0.1) is 5.75 Å². The van der Waals surface area contributed by atoms with Gasteiger partial charge in [0.25, 0.3) is 0 Å². The highest BCUT2D eigenvalue weighted by atomic mass is 32.2. The first-order chi connectivity index (χ1) is 9.28. The molecule has 0 heterocycles. The smallest absolute Gasteiger partial charge is 0.232 e. The first-order valence-electron chi connectivity index (χ1n) is 5.82. The van der Waals surface area contributed by atoms with Gasteiger partial charge >= 0.3 is 0 Å². The standard InChI is InChI=1S/C11H14F4N2O2S/c1-2-16-4-3-5-20(18,19)17-11-9(14)7(12)6-8(13)10(11)15/h6,16-17H,2-5H2,1H3. The van der Waals surface area contributed by atoms with Crippen LogP contribution in [0.1, 0.15) is 13.3 Å². The van der Waals surface area contributed by atoms with Crippen LogP contribution in [0.2, 0.25) is 0 Å². The predicted octanol–water partition coefficient (Wildman–Crippen LogP) is 1.98. The normalized spacial score (nSPS) is 11.7. The average molecular weight is 314 g/mol. The molecule has 0 unspecified atom stereocenters. The van der Waals surface area contributed by atoms with Crippen molar-refractivity contribution in [3.05, 3.63) is 29.3 Å². The summed E-state index contributed by atoms with van der Waals surface area (Å²) in [6.07, 6.45) is 0.185. The predicted molar refractivity (Wildman–Crippen MR) is 66.8 cm³/mol. The van der Waals surface area contributed by atoms with E-state index in [1.165, 1.54) is 4.72 Å². The van der Waals surface area contributed by atoms with Gasteiger partial charge in [-0.3, -0.25) is 4.72 Å². The molecule has 0 saturated carbocycles. The fraction of sp³-hybridized carbons (Fsp3) is 0.455. The molecule has 0 bridgehead atoms. The van der Waals surface area contributed by atoms with Crippen molar-refractivity contribution in [1.82, 2.24) is 5.32 Å². The summed E-state index contributed by atoms with van der Waals surface area (Å²) in [6.45, 7) is 2.86. The van der Waals surface area contributed by atoms with Crippen LogP contribution in [-0.4, -0.2) is 27.3 Å². The summed E-state index contributed by atoms with van der Waals surface area (Å²) in [5.74, 6) is -7.33. The highest BCUT2D eigenvalue weighted by Crippen LogP contribution is 2.25. The van der Waals surface area contributed by atoms with E-state index in [1.54, 1.807) is 0 Å². The molecule has 1 rings (SSSR count). The van der Waals surface area contributed by atoms with Crippen molar-refractivity contribution in [2.45, 2.75) is 13.3 Å². The summed E-state index contributed by atoms with van der Waals surface area (Å²) in [7, 11) is -4.10. The van der Waals surface area contributed by atoms with E-state index in [1.807, 2.05) is 6.92 Å². The minimum atomic E-state index is -4.10. The number of halogens is 4. The molecule has 20 heavy (non-hydrogen) atoms. The SMILES string of the molecule is CCNCCCS(=O)(=O)Nc1c(F)c(F)cc(F)c1F. The molecule has 0 aromatic heterocycles. The molecule has 1 aromatic carbocycles. The van der Waals surface area contributed by atoms with Crippen molar-refractivity contribution < 1.29 is 26.0 Å². The van der Waals surface area contributed by atoms with Crippen molar-refractivity contribution in [3.8, 4) is 0 Å². The lowest BCUT2D eigenvalue weighted by atomic mass is 10.3. The van der Waals surface area contributed by atoms with Crippen LogP contribution < -0.4 is 10.0 Å². The van der Waals surface area contributed by atoms with Gasteiger partial charge in [-0.15, -0.1) is 0 Å². The third-order valence-corrected chi connectivity index (χ3v) is 3.73. The Balaban J connectivity index is 2.87. The molecule has 0 radical (unpaired) electrons. The Hall–Kier alpha value is -1.35. The number of anilines is 1. The molecular weight excluding hydrogens is 300 g/mol. The lowest BCUT2D eigenvalue weighted by Crippen LogP contribution is -2.23. The van der Waals surface area contributed by atoms with Crippen LogP contribution in [0.5, 0.6) is 0 Å². The van der Waals surface area contributed by atoms with Crippen molar-refractivity contribution >= 4 is 15.7 Å². The van der Waals surface area contributed by atoms with Gasteiger partial charge in [0.2, 0.25) is 10.0 Å². The van der Waals surface area contributed by atoms with Crippen LogP contribution in [0.25, 0.3) is 0 Å². The van der Waals surface area contributed by atoms with Crippen molar-refractivity contribution in [3.63, 3.8) is 0 Å². The zero-order valence-corrected chi connectivity index (χ0v) is 11.5. The molecule has 0 aliphatic heterocycles. The number of hydrogen-bond donors (Lipinski definition) is 2. The monoisotopic (exact) mass is 314 g/mol. The summed E-state index contributed by atoms with van der Waals surface area (Å²) in [4.78, 5) is 0. The molecule has 1 aromatic rings. The number of nitrogens with one attached hydrogen (secondary N) is 2. The van der Waals surface area contributed by atoms with Gasteiger partial charge in [-0.25, -0.2) is 26.0 Å². The van der Waals surface area contributed by atoms with E-state index in [2.05, 4.69) is 5.32 Å². The number of rotatable bonds is 7. The molecule has 0 fully saturated rings. The Bertz CT molecular complexity index is 552. The van der Waals surface area contributed by atoms with Gasteiger partial charge in [0.1, 0.15) is 5.69 Å². The minimum Gasteiger partial charge on any atom is -0.317 e. The first-order valence-corrected chi connectivity index (χ1v) is 7.48. The summed E-state index contributed by atoms with van der Waals surface area (Å²) in [6, 6.07) is 0.00757. The second-order valence-corrected chi connectivity index (χ2v) is 5.81. The van der Waals surface area contributed by atoms with Gasteiger partial charge in [-0.2, -0.15) is 0 Å². The minimum absolute atomic E-state index is 0.00757. The van der Waals surface area contributed by atoms with E-state index in [-0.39, 0.29) is 12.5 Å². The second kappa shape index (κ2) is 6.89. The molecule has 0 saturated heterocycles. The Morgan fingerprint density at radius 1 is 1.10 bits per heavy atom. The Labute approximate surface area is 114 Å². The summed E-state index contributed by atoms with van der Waals surface area (Å²) >= 11 is 0. The van der Waals surface area contributed by atoms with Crippen LogP contribution in [0.15, 0.2) is 6.07 Å². The molecule has 0 amide bonds. The van der Waals surface area contributed by atoms with E-state index in [0.717, 1.165) is 0 Å². The summed E-state index contributed by atoms with van der Waals surface area (Å²) in [5, 5.41) is 2.87. The highest BCUT2D eigenvalue weighted by Gasteiger charge is 2.23. The van der Waals surface area contributed by atoms with Gasteiger partial charge in [0, 0.05) is 6.07 Å². The van der Waals surface area contributed by atoms with Crippen molar-refractivity contribution in [1.29, 1.82) is 0 Å². The quantitative estimate of drug-likeness (QED) is 0.460. The van der Waals surface area contributed by atoms with E-state index in [4.69, 9.17) is 0 Å². The third kappa shape index (κ3) is 4.34. The Kier molecular flexibility index (Phi) is 5.75. The van der Waals surface area contributed by atoms with Crippen molar-refractivity contribution in [2.24, 2.45) is 0 Å². The van der Waals surface area contributed by atoms with Crippen LogP contribution in [0.4, 0.5) is 23.2 Å². The van der Waals surface area contributed by atoms with Gasteiger partial charge in [-0.1, -0.05) is 6.92 Å². The van der Waals surface area contributed by atoms with Gasteiger partial charge < -0.3 is 5.32 Å². The molecule has 0 aliphatic carbocycles. The molecule has 2 N–H and O–H groups in total. The van der Waals surface area contributed by atoms with Gasteiger partial charge in [-0.05, 0) is 19.5 Å². The van der Waals surface area contributed by atoms with E-state index < -0.39 is 44.7 Å². The first kappa shape index (κ1) is 16.7.